The first-order valence-electron chi connectivity index (χ1n) is 13.7. The molecule has 2 aliphatic rings. The quantitative estimate of drug-likeness (QED) is 0.531. The summed E-state index contributed by atoms with van der Waals surface area (Å²) in [5.74, 6) is -0.321. The van der Waals surface area contributed by atoms with Gasteiger partial charge in [-0.15, -0.1) is 0 Å². The first-order chi connectivity index (χ1) is 18.6. The van der Waals surface area contributed by atoms with Gasteiger partial charge >= 0.3 is 12.1 Å². The lowest BCUT2D eigenvalue weighted by molar-refractivity contribution is -0.120. The van der Waals surface area contributed by atoms with Crippen LogP contribution in [-0.2, 0) is 9.53 Å². The number of aliphatic imine (C=N–C) groups is 1. The number of benzene rings is 2. The molecule has 0 aliphatic carbocycles. The van der Waals surface area contributed by atoms with Crippen LogP contribution < -0.4 is 15.5 Å². The number of anilines is 2. The van der Waals surface area contributed by atoms with Crippen LogP contribution in [0.3, 0.4) is 0 Å². The average molecular weight is 534 g/mol. The average Bonchev–Trinajstić information content (AvgIpc) is 2.98. The van der Waals surface area contributed by atoms with Crippen LogP contribution in [0.25, 0.3) is 0 Å². The molecule has 1 saturated heterocycles. The second-order valence-electron chi connectivity index (χ2n) is 11.1. The van der Waals surface area contributed by atoms with E-state index in [1.54, 1.807) is 15.9 Å². The first-order valence-corrected chi connectivity index (χ1v) is 13.7. The van der Waals surface area contributed by atoms with Gasteiger partial charge in [-0.1, -0.05) is 37.3 Å². The number of urea groups is 1. The van der Waals surface area contributed by atoms with Crippen molar-refractivity contribution in [2.75, 3.05) is 23.3 Å². The number of amides is 4. The van der Waals surface area contributed by atoms with Crippen molar-refractivity contribution in [2.45, 2.75) is 78.1 Å². The summed E-state index contributed by atoms with van der Waals surface area (Å²) in [7, 11) is 0. The molecule has 9 nitrogen and oxygen atoms in total. The van der Waals surface area contributed by atoms with Gasteiger partial charge in [-0.05, 0) is 77.1 Å². The van der Waals surface area contributed by atoms with Crippen LogP contribution in [0, 0.1) is 6.92 Å². The Bertz CT molecular complexity index is 1250. The molecule has 2 aromatic carbocycles. The lowest BCUT2D eigenvalue weighted by atomic mass is 9.92. The number of nitrogens with one attached hydrogen (secondary N) is 2. The third-order valence-electron chi connectivity index (χ3n) is 6.68. The highest BCUT2D eigenvalue weighted by Crippen LogP contribution is 2.31. The number of hydrogen-bond donors (Lipinski definition) is 2. The van der Waals surface area contributed by atoms with E-state index in [9.17, 15) is 14.4 Å². The van der Waals surface area contributed by atoms with Crippen LogP contribution in [0.2, 0.25) is 0 Å². The van der Waals surface area contributed by atoms with Crippen molar-refractivity contribution < 1.29 is 19.1 Å². The number of benzodiazepines with no additional fused rings is 1. The van der Waals surface area contributed by atoms with Crippen molar-refractivity contribution in [3.63, 3.8) is 0 Å². The number of ether oxygens (including phenoxy) is 1. The number of para-hydroxylation sites is 1. The van der Waals surface area contributed by atoms with Gasteiger partial charge < -0.3 is 20.3 Å². The molecule has 4 amide bonds. The zero-order valence-corrected chi connectivity index (χ0v) is 23.5. The van der Waals surface area contributed by atoms with Crippen molar-refractivity contribution in [3.05, 3.63) is 59.7 Å². The number of carbonyl (C=O) groups excluding carboxylic acids is 3. The monoisotopic (exact) mass is 533 g/mol. The topological polar surface area (TPSA) is 103 Å². The SMILES string of the molecule is CCCN1C(=O)[C@H](NC(=O)Nc2cccc(C)c2)N=C([C@H]2CCCCN2C(=O)OC(C)(C)C)c2ccccc21. The molecule has 2 heterocycles. The fourth-order valence-corrected chi connectivity index (χ4v) is 5.04. The lowest BCUT2D eigenvalue weighted by Gasteiger charge is -2.37. The van der Waals surface area contributed by atoms with Gasteiger partial charge in [0.25, 0.3) is 5.91 Å². The highest BCUT2D eigenvalue weighted by Gasteiger charge is 2.39. The predicted molar refractivity (Wildman–Crippen MR) is 153 cm³/mol. The highest BCUT2D eigenvalue weighted by atomic mass is 16.6. The van der Waals surface area contributed by atoms with E-state index < -0.39 is 29.9 Å². The van der Waals surface area contributed by atoms with Gasteiger partial charge in [0, 0.05) is 24.3 Å². The number of rotatable bonds is 5. The fraction of sp³-hybridized carbons (Fsp3) is 0.467. The molecule has 0 saturated carbocycles. The third kappa shape index (κ3) is 6.77. The van der Waals surface area contributed by atoms with E-state index in [2.05, 4.69) is 10.6 Å². The number of piperidine rings is 1. The number of aryl methyl sites for hydroxylation is 1. The molecule has 0 unspecified atom stereocenters. The van der Waals surface area contributed by atoms with Crippen LogP contribution in [0.15, 0.2) is 53.5 Å². The van der Waals surface area contributed by atoms with Crippen molar-refractivity contribution in [2.24, 2.45) is 4.99 Å². The van der Waals surface area contributed by atoms with Crippen LogP contribution in [0.1, 0.15) is 64.5 Å². The maximum atomic E-state index is 13.8. The second kappa shape index (κ2) is 11.9. The van der Waals surface area contributed by atoms with Crippen molar-refractivity contribution in [1.82, 2.24) is 10.2 Å². The molecule has 2 atom stereocenters. The van der Waals surface area contributed by atoms with Crippen LogP contribution in [-0.4, -0.2) is 59.5 Å². The summed E-state index contributed by atoms with van der Waals surface area (Å²) in [6.45, 7) is 10.5. The Morgan fingerprint density at radius 2 is 1.87 bits per heavy atom. The van der Waals surface area contributed by atoms with Gasteiger partial charge in [0.2, 0.25) is 6.17 Å². The Labute approximate surface area is 230 Å². The first kappa shape index (κ1) is 28.1. The second-order valence-corrected chi connectivity index (χ2v) is 11.1. The minimum atomic E-state index is -1.16. The predicted octanol–water partition coefficient (Wildman–Crippen LogP) is 5.48. The zero-order valence-electron chi connectivity index (χ0n) is 23.5. The van der Waals surface area contributed by atoms with Gasteiger partial charge in [-0.3, -0.25) is 14.7 Å². The molecule has 0 radical (unpaired) electrons. The fourth-order valence-electron chi connectivity index (χ4n) is 5.04. The summed E-state index contributed by atoms with van der Waals surface area (Å²) >= 11 is 0. The summed E-state index contributed by atoms with van der Waals surface area (Å²) < 4.78 is 5.74. The van der Waals surface area contributed by atoms with E-state index in [0.717, 1.165) is 36.1 Å². The molecule has 4 rings (SSSR count). The number of hydrogen-bond acceptors (Lipinski definition) is 5. The molecule has 2 N–H and O–H groups in total. The molecule has 1 fully saturated rings. The molecule has 0 spiro atoms. The summed E-state index contributed by atoms with van der Waals surface area (Å²) in [6.07, 6.45) is 1.60. The van der Waals surface area contributed by atoms with Crippen molar-refractivity contribution in [1.29, 1.82) is 0 Å². The van der Waals surface area contributed by atoms with Crippen molar-refractivity contribution >= 4 is 35.1 Å². The standard InChI is InChI=1S/C30H39N5O4/c1-6-17-34-23-15-8-7-14-22(23)25(24-16-9-10-18-35(24)29(38)39-30(3,4)5)32-26(27(34)36)33-28(37)31-21-13-11-12-20(2)19-21/h7-8,11-15,19,24,26H,6,9-10,16-18H2,1-5H3,(H2,31,33,37)/t24-,26+/m1/s1. The van der Waals surface area contributed by atoms with E-state index >= 15 is 0 Å². The molecular formula is C30H39N5O4. The Balaban J connectivity index is 1.73. The Kier molecular flexibility index (Phi) is 8.57. The summed E-state index contributed by atoms with van der Waals surface area (Å²) in [5.41, 5.74) is 3.08. The maximum Gasteiger partial charge on any atom is 0.410 e. The molecule has 9 heteroatoms. The number of likely N-dealkylation sites (tertiary alicyclic amines) is 1. The van der Waals surface area contributed by atoms with Gasteiger partial charge in [-0.2, -0.15) is 0 Å². The summed E-state index contributed by atoms with van der Waals surface area (Å²) in [5, 5.41) is 5.60. The molecule has 0 aromatic heterocycles. The third-order valence-corrected chi connectivity index (χ3v) is 6.68. The highest BCUT2D eigenvalue weighted by molar-refractivity contribution is 6.16. The van der Waals surface area contributed by atoms with E-state index in [4.69, 9.17) is 9.73 Å². The van der Waals surface area contributed by atoms with Crippen molar-refractivity contribution in [3.8, 4) is 0 Å². The Morgan fingerprint density at radius 3 is 2.59 bits per heavy atom. The minimum Gasteiger partial charge on any atom is -0.444 e. The number of carbonyl (C=O) groups is 3. The lowest BCUT2D eigenvalue weighted by Crippen LogP contribution is -2.51. The molecule has 0 bridgehead atoms. The van der Waals surface area contributed by atoms with Crippen LogP contribution in [0.5, 0.6) is 0 Å². The van der Waals surface area contributed by atoms with E-state index in [1.165, 1.54) is 0 Å². The molecule has 39 heavy (non-hydrogen) atoms. The normalized spacial score (nSPS) is 19.5. The summed E-state index contributed by atoms with van der Waals surface area (Å²) in [6, 6.07) is 14.1. The Hall–Kier alpha value is -3.88. The molecule has 2 aromatic rings. The van der Waals surface area contributed by atoms with Gasteiger partial charge in [0.05, 0.1) is 17.4 Å². The number of fused-ring (bicyclic) bond motifs is 1. The van der Waals surface area contributed by atoms with Crippen LogP contribution in [0.4, 0.5) is 21.0 Å². The number of nitrogens with zero attached hydrogens (tertiary/aromatic N) is 3. The maximum absolute atomic E-state index is 13.8. The molecule has 2 aliphatic heterocycles. The minimum absolute atomic E-state index is 0.321. The van der Waals surface area contributed by atoms with E-state index in [-0.39, 0.29) is 5.91 Å². The van der Waals surface area contributed by atoms with Gasteiger partial charge in [-0.25, -0.2) is 9.59 Å². The van der Waals surface area contributed by atoms with Gasteiger partial charge in [0.15, 0.2) is 0 Å². The van der Waals surface area contributed by atoms with Gasteiger partial charge in [0.1, 0.15) is 5.60 Å². The van der Waals surface area contributed by atoms with Crippen LogP contribution >= 0.6 is 0 Å². The Morgan fingerprint density at radius 1 is 1.10 bits per heavy atom. The van der Waals surface area contributed by atoms with E-state index in [0.29, 0.717) is 30.9 Å². The van der Waals surface area contributed by atoms with E-state index in [1.807, 2.05) is 77.1 Å². The molecule has 208 valence electrons. The smallest absolute Gasteiger partial charge is 0.410 e. The zero-order chi connectivity index (χ0) is 28.2. The summed E-state index contributed by atoms with van der Waals surface area (Å²) in [4.78, 5) is 48.5. The largest absolute Gasteiger partial charge is 0.444 e. The molecular weight excluding hydrogens is 494 g/mol.